The summed E-state index contributed by atoms with van der Waals surface area (Å²) in [5, 5.41) is 4.85. The largest absolute Gasteiger partial charge is 0.329 e. The molecule has 1 aromatic carbocycles. The van der Waals surface area contributed by atoms with Gasteiger partial charge >= 0.3 is 0 Å². The van der Waals surface area contributed by atoms with E-state index in [1.807, 2.05) is 0 Å². The summed E-state index contributed by atoms with van der Waals surface area (Å²) in [7, 11) is 0. The molecule has 0 bridgehead atoms. The van der Waals surface area contributed by atoms with Gasteiger partial charge in [-0.1, -0.05) is 30.3 Å². The van der Waals surface area contributed by atoms with Crippen LogP contribution in [0.25, 0.3) is 0 Å². The molecule has 3 rings (SSSR count). The third kappa shape index (κ3) is 2.50. The molecule has 0 saturated carbocycles. The maximum atomic E-state index is 5.68. The molecule has 106 valence electrons. The Bertz CT molecular complexity index is 571. The van der Waals surface area contributed by atoms with E-state index in [1.54, 1.807) is 0 Å². The average molecular weight is 269 g/mol. The van der Waals surface area contributed by atoms with Crippen LogP contribution < -0.4 is 5.73 Å². The first-order valence-electron chi connectivity index (χ1n) is 7.59. The molecule has 2 N–H and O–H groups in total. The molecular weight excluding hydrogens is 246 g/mol. The summed E-state index contributed by atoms with van der Waals surface area (Å²) in [5.41, 5.74) is 11.2. The van der Waals surface area contributed by atoms with Gasteiger partial charge in [0.05, 0.1) is 12.2 Å². The first kappa shape index (κ1) is 13.4. The summed E-state index contributed by atoms with van der Waals surface area (Å²) in [5.74, 6) is 0.568. The second-order valence-electron chi connectivity index (χ2n) is 5.74. The Hall–Kier alpha value is -1.61. The summed E-state index contributed by atoms with van der Waals surface area (Å²) in [6, 6.07) is 10.8. The highest BCUT2D eigenvalue weighted by Crippen LogP contribution is 2.34. The molecule has 1 unspecified atom stereocenters. The molecule has 2 aromatic rings. The fourth-order valence-corrected chi connectivity index (χ4v) is 3.34. The van der Waals surface area contributed by atoms with E-state index in [1.165, 1.54) is 41.8 Å². The molecule has 1 atom stereocenters. The SMILES string of the molecule is Cc1c2c(nn1CCN)C(Cc1ccccc1)CCC2. The van der Waals surface area contributed by atoms with Crippen LogP contribution in [0.2, 0.25) is 0 Å². The lowest BCUT2D eigenvalue weighted by molar-refractivity contribution is 0.526. The van der Waals surface area contributed by atoms with Crippen molar-refractivity contribution < 1.29 is 0 Å². The number of fused-ring (bicyclic) bond motifs is 1. The summed E-state index contributed by atoms with van der Waals surface area (Å²) in [6.45, 7) is 3.67. The van der Waals surface area contributed by atoms with Crippen molar-refractivity contribution in [3.05, 3.63) is 52.8 Å². The Morgan fingerprint density at radius 3 is 2.85 bits per heavy atom. The molecule has 3 heteroatoms. The number of benzene rings is 1. The van der Waals surface area contributed by atoms with Gasteiger partial charge in [0, 0.05) is 18.2 Å². The number of rotatable bonds is 4. The van der Waals surface area contributed by atoms with Crippen LogP contribution in [0.3, 0.4) is 0 Å². The number of nitrogens with two attached hydrogens (primary N) is 1. The zero-order chi connectivity index (χ0) is 13.9. The number of aromatic nitrogens is 2. The lowest BCUT2D eigenvalue weighted by Gasteiger charge is -2.21. The lowest BCUT2D eigenvalue weighted by Crippen LogP contribution is -2.13. The maximum Gasteiger partial charge on any atom is 0.0693 e. The van der Waals surface area contributed by atoms with Crippen molar-refractivity contribution in [1.29, 1.82) is 0 Å². The van der Waals surface area contributed by atoms with E-state index in [4.69, 9.17) is 10.8 Å². The van der Waals surface area contributed by atoms with E-state index < -0.39 is 0 Å². The highest BCUT2D eigenvalue weighted by molar-refractivity contribution is 5.32. The molecule has 1 heterocycles. The summed E-state index contributed by atoms with van der Waals surface area (Å²) < 4.78 is 2.11. The van der Waals surface area contributed by atoms with Crippen molar-refractivity contribution in [2.45, 2.75) is 45.1 Å². The summed E-state index contributed by atoms with van der Waals surface area (Å²) in [6.07, 6.45) is 4.81. The van der Waals surface area contributed by atoms with E-state index >= 15 is 0 Å². The fourth-order valence-electron chi connectivity index (χ4n) is 3.34. The predicted molar refractivity (Wildman–Crippen MR) is 81.8 cm³/mol. The van der Waals surface area contributed by atoms with Crippen LogP contribution >= 0.6 is 0 Å². The monoisotopic (exact) mass is 269 g/mol. The minimum atomic E-state index is 0.568. The van der Waals surface area contributed by atoms with Crippen LogP contribution in [0, 0.1) is 6.92 Å². The Balaban J connectivity index is 1.88. The van der Waals surface area contributed by atoms with Gasteiger partial charge in [0.1, 0.15) is 0 Å². The lowest BCUT2D eigenvalue weighted by atomic mass is 9.83. The molecular formula is C17H23N3. The smallest absolute Gasteiger partial charge is 0.0693 e. The summed E-state index contributed by atoms with van der Waals surface area (Å²) >= 11 is 0. The first-order valence-corrected chi connectivity index (χ1v) is 7.59. The van der Waals surface area contributed by atoms with Crippen molar-refractivity contribution in [1.82, 2.24) is 9.78 Å². The standard InChI is InChI=1S/C17H23N3/c1-13-16-9-5-8-15(12-14-6-3-2-4-7-14)17(16)19-20(13)11-10-18/h2-4,6-7,15H,5,8-12,18H2,1H3. The second-order valence-corrected chi connectivity index (χ2v) is 5.74. The molecule has 1 aromatic heterocycles. The van der Waals surface area contributed by atoms with E-state index in [0.717, 1.165) is 13.0 Å². The molecule has 0 spiro atoms. The topological polar surface area (TPSA) is 43.8 Å². The molecule has 0 aliphatic heterocycles. The van der Waals surface area contributed by atoms with Gasteiger partial charge < -0.3 is 5.73 Å². The van der Waals surface area contributed by atoms with Crippen molar-refractivity contribution in [2.75, 3.05) is 6.54 Å². The van der Waals surface area contributed by atoms with Gasteiger partial charge in [0.15, 0.2) is 0 Å². The average Bonchev–Trinajstić information content (AvgIpc) is 2.79. The van der Waals surface area contributed by atoms with Crippen LogP contribution in [-0.2, 0) is 19.4 Å². The highest BCUT2D eigenvalue weighted by atomic mass is 15.3. The predicted octanol–water partition coefficient (Wildman–Crippen LogP) is 2.81. The van der Waals surface area contributed by atoms with Gasteiger partial charge in [-0.05, 0) is 43.7 Å². The Morgan fingerprint density at radius 2 is 2.10 bits per heavy atom. The first-order chi connectivity index (χ1) is 9.79. The van der Waals surface area contributed by atoms with Crippen LogP contribution in [0.15, 0.2) is 30.3 Å². The molecule has 3 nitrogen and oxygen atoms in total. The molecule has 0 saturated heterocycles. The van der Waals surface area contributed by atoms with E-state index in [9.17, 15) is 0 Å². The van der Waals surface area contributed by atoms with Gasteiger partial charge in [0.2, 0.25) is 0 Å². The molecule has 1 aliphatic carbocycles. The molecule has 20 heavy (non-hydrogen) atoms. The quantitative estimate of drug-likeness (QED) is 0.927. The van der Waals surface area contributed by atoms with Gasteiger partial charge in [-0.2, -0.15) is 5.10 Å². The minimum Gasteiger partial charge on any atom is -0.329 e. The third-order valence-electron chi connectivity index (χ3n) is 4.39. The fraction of sp³-hybridized carbons (Fsp3) is 0.471. The zero-order valence-corrected chi connectivity index (χ0v) is 12.2. The molecule has 0 amide bonds. The Morgan fingerprint density at radius 1 is 1.30 bits per heavy atom. The van der Waals surface area contributed by atoms with Crippen molar-refractivity contribution in [2.24, 2.45) is 5.73 Å². The molecule has 0 fully saturated rings. The van der Waals surface area contributed by atoms with Crippen molar-refractivity contribution >= 4 is 0 Å². The molecule has 1 aliphatic rings. The van der Waals surface area contributed by atoms with Crippen molar-refractivity contribution in [3.63, 3.8) is 0 Å². The second kappa shape index (κ2) is 5.80. The zero-order valence-electron chi connectivity index (χ0n) is 12.2. The van der Waals surface area contributed by atoms with E-state index in [2.05, 4.69) is 41.9 Å². The Labute approximate surface area is 120 Å². The highest BCUT2D eigenvalue weighted by Gasteiger charge is 2.26. The minimum absolute atomic E-state index is 0.568. The van der Waals surface area contributed by atoms with Crippen molar-refractivity contribution in [3.8, 4) is 0 Å². The van der Waals surface area contributed by atoms with Gasteiger partial charge in [-0.15, -0.1) is 0 Å². The van der Waals surface area contributed by atoms with Gasteiger partial charge in [-0.3, -0.25) is 4.68 Å². The number of hydrogen-bond donors (Lipinski definition) is 1. The maximum absolute atomic E-state index is 5.68. The normalized spacial score (nSPS) is 18.0. The molecule has 0 radical (unpaired) electrons. The number of nitrogens with zero attached hydrogens (tertiary/aromatic N) is 2. The summed E-state index contributed by atoms with van der Waals surface area (Å²) in [4.78, 5) is 0. The van der Waals surface area contributed by atoms with Crippen LogP contribution in [0.1, 0.15) is 41.3 Å². The van der Waals surface area contributed by atoms with Gasteiger partial charge in [-0.25, -0.2) is 0 Å². The number of hydrogen-bond acceptors (Lipinski definition) is 2. The van der Waals surface area contributed by atoms with Crippen LogP contribution in [-0.4, -0.2) is 16.3 Å². The third-order valence-corrected chi connectivity index (χ3v) is 4.39. The Kier molecular flexibility index (Phi) is 3.88. The van der Waals surface area contributed by atoms with Crippen LogP contribution in [0.5, 0.6) is 0 Å². The van der Waals surface area contributed by atoms with E-state index in [0.29, 0.717) is 12.5 Å². The van der Waals surface area contributed by atoms with Crippen LogP contribution in [0.4, 0.5) is 0 Å². The van der Waals surface area contributed by atoms with E-state index in [-0.39, 0.29) is 0 Å². The van der Waals surface area contributed by atoms with Gasteiger partial charge in [0.25, 0.3) is 0 Å².